The lowest BCUT2D eigenvalue weighted by molar-refractivity contribution is 0.353. The summed E-state index contributed by atoms with van der Waals surface area (Å²) in [5, 5.41) is 9.53. The van der Waals surface area contributed by atoms with Gasteiger partial charge in [-0.15, -0.1) is 0 Å². The molecule has 3 rings (SSSR count). The summed E-state index contributed by atoms with van der Waals surface area (Å²) in [5.74, 6) is 1.85. The van der Waals surface area contributed by atoms with E-state index < -0.39 is 0 Å². The van der Waals surface area contributed by atoms with Crippen LogP contribution >= 0.6 is 22.6 Å². The number of aromatic amines is 1. The Hall–Kier alpha value is -2.53. The Morgan fingerprint density at radius 1 is 1.25 bits per heavy atom. The minimum absolute atomic E-state index is 0.453. The number of nitrogens with zero attached hydrogens (tertiary/aromatic N) is 2. The number of methoxy groups -OCH3 is 2. The quantitative estimate of drug-likeness (QED) is 0.496. The molecule has 0 atom stereocenters. The van der Waals surface area contributed by atoms with E-state index in [0.29, 0.717) is 22.9 Å². The van der Waals surface area contributed by atoms with Crippen molar-refractivity contribution < 1.29 is 9.47 Å². The van der Waals surface area contributed by atoms with Crippen LogP contribution in [0.25, 0.3) is 22.7 Å². The van der Waals surface area contributed by atoms with Crippen molar-refractivity contribution in [1.29, 1.82) is 5.26 Å². The molecule has 0 saturated heterocycles. The van der Waals surface area contributed by atoms with Crippen molar-refractivity contribution in [2.24, 2.45) is 0 Å². The van der Waals surface area contributed by atoms with Gasteiger partial charge in [0.1, 0.15) is 11.9 Å². The number of para-hydroxylation sites is 2. The van der Waals surface area contributed by atoms with Crippen molar-refractivity contribution in [2.75, 3.05) is 14.2 Å². The molecule has 0 aliphatic heterocycles. The number of H-pyrrole nitrogens is 1. The monoisotopic (exact) mass is 431 g/mol. The van der Waals surface area contributed by atoms with E-state index >= 15 is 0 Å². The van der Waals surface area contributed by atoms with Crippen LogP contribution in [0.4, 0.5) is 0 Å². The Kier molecular flexibility index (Phi) is 4.71. The van der Waals surface area contributed by atoms with E-state index in [4.69, 9.17) is 9.47 Å². The van der Waals surface area contributed by atoms with Crippen LogP contribution in [-0.2, 0) is 0 Å². The van der Waals surface area contributed by atoms with Crippen LogP contribution in [0.2, 0.25) is 0 Å². The van der Waals surface area contributed by atoms with E-state index in [1.807, 2.05) is 36.4 Å². The lowest BCUT2D eigenvalue weighted by Gasteiger charge is -2.10. The van der Waals surface area contributed by atoms with Gasteiger partial charge in [0.25, 0.3) is 0 Å². The number of nitrogens with one attached hydrogen (secondary N) is 1. The number of ether oxygens (including phenoxy) is 2. The molecular weight excluding hydrogens is 417 g/mol. The summed E-state index contributed by atoms with van der Waals surface area (Å²) < 4.78 is 11.6. The lowest BCUT2D eigenvalue weighted by Crippen LogP contribution is -1.94. The second-order valence-corrected chi connectivity index (χ2v) is 6.17. The molecule has 0 saturated carbocycles. The van der Waals surface area contributed by atoms with Crippen LogP contribution in [-0.4, -0.2) is 24.2 Å². The van der Waals surface area contributed by atoms with Gasteiger partial charge >= 0.3 is 0 Å². The van der Waals surface area contributed by atoms with Gasteiger partial charge in [0.15, 0.2) is 11.5 Å². The smallest absolute Gasteiger partial charge is 0.174 e. The van der Waals surface area contributed by atoms with E-state index in [-0.39, 0.29) is 0 Å². The molecule has 1 N–H and O–H groups in total. The normalized spacial score (nSPS) is 11.3. The van der Waals surface area contributed by atoms with Crippen LogP contribution in [0, 0.1) is 14.9 Å². The third kappa shape index (κ3) is 3.08. The molecule has 0 radical (unpaired) electrons. The summed E-state index contributed by atoms with van der Waals surface area (Å²) in [6.07, 6.45) is 1.78. The van der Waals surface area contributed by atoms with E-state index in [0.717, 1.165) is 20.2 Å². The molecular formula is C18H14IN3O2. The van der Waals surface area contributed by atoms with E-state index in [9.17, 15) is 5.26 Å². The second kappa shape index (κ2) is 6.93. The summed E-state index contributed by atoms with van der Waals surface area (Å²) in [5.41, 5.74) is 3.02. The number of rotatable bonds is 4. The summed E-state index contributed by atoms with van der Waals surface area (Å²) >= 11 is 2.18. The molecule has 0 amide bonds. The Balaban J connectivity index is 2.08. The predicted molar refractivity (Wildman–Crippen MR) is 102 cm³/mol. The highest BCUT2D eigenvalue weighted by Gasteiger charge is 2.12. The van der Waals surface area contributed by atoms with Crippen molar-refractivity contribution in [1.82, 2.24) is 9.97 Å². The molecule has 2 aromatic carbocycles. The number of aromatic nitrogens is 2. The van der Waals surface area contributed by atoms with Gasteiger partial charge in [-0.25, -0.2) is 4.98 Å². The predicted octanol–water partition coefficient (Wildman–Crippen LogP) is 4.25. The number of halogens is 1. The molecule has 6 heteroatoms. The summed E-state index contributed by atoms with van der Waals surface area (Å²) in [6.45, 7) is 0. The Morgan fingerprint density at radius 2 is 2.04 bits per heavy atom. The topological polar surface area (TPSA) is 70.9 Å². The van der Waals surface area contributed by atoms with Crippen LogP contribution in [0.3, 0.4) is 0 Å². The molecule has 1 aromatic heterocycles. The molecule has 3 aromatic rings. The lowest BCUT2D eigenvalue weighted by atomic mass is 10.1. The van der Waals surface area contributed by atoms with Crippen molar-refractivity contribution >= 4 is 45.3 Å². The van der Waals surface area contributed by atoms with Gasteiger partial charge in [-0.2, -0.15) is 5.26 Å². The van der Waals surface area contributed by atoms with Crippen LogP contribution in [0.1, 0.15) is 11.4 Å². The number of imidazole rings is 1. The molecule has 0 unspecified atom stereocenters. The maximum Gasteiger partial charge on any atom is 0.174 e. The fourth-order valence-corrected chi connectivity index (χ4v) is 3.27. The first-order chi connectivity index (χ1) is 11.7. The molecule has 0 fully saturated rings. The fraction of sp³-hybridized carbons (Fsp3) is 0.111. The van der Waals surface area contributed by atoms with Gasteiger partial charge in [0.05, 0.1) is 34.4 Å². The zero-order chi connectivity index (χ0) is 17.1. The van der Waals surface area contributed by atoms with Gasteiger partial charge in [0, 0.05) is 0 Å². The summed E-state index contributed by atoms with van der Waals surface area (Å²) in [4.78, 5) is 7.65. The average molecular weight is 431 g/mol. The van der Waals surface area contributed by atoms with Crippen molar-refractivity contribution in [3.05, 3.63) is 51.4 Å². The third-order valence-corrected chi connectivity index (χ3v) is 4.33. The minimum Gasteiger partial charge on any atom is -0.493 e. The van der Waals surface area contributed by atoms with Gasteiger partial charge in [0.2, 0.25) is 0 Å². The standard InChI is InChI=1S/C18H14IN3O2/c1-23-16-9-11(8-13(19)17(16)24-2)7-12(10-20)18-21-14-5-3-4-6-15(14)22-18/h3-9H,1-2H3,(H,21,22). The molecule has 24 heavy (non-hydrogen) atoms. The fourth-order valence-electron chi connectivity index (χ4n) is 2.42. The zero-order valence-electron chi connectivity index (χ0n) is 13.1. The van der Waals surface area contributed by atoms with Crippen LogP contribution in [0.15, 0.2) is 36.4 Å². The molecule has 0 bridgehead atoms. The Morgan fingerprint density at radius 3 is 2.71 bits per heavy atom. The molecule has 5 nitrogen and oxygen atoms in total. The maximum atomic E-state index is 9.53. The van der Waals surface area contributed by atoms with E-state index in [1.54, 1.807) is 20.3 Å². The number of hydrogen-bond acceptors (Lipinski definition) is 4. The Labute approximate surface area is 153 Å². The molecule has 0 aliphatic carbocycles. The maximum absolute atomic E-state index is 9.53. The van der Waals surface area contributed by atoms with E-state index in [1.165, 1.54) is 0 Å². The molecule has 120 valence electrons. The molecule has 0 spiro atoms. The number of nitriles is 1. The highest BCUT2D eigenvalue weighted by atomic mass is 127. The number of allylic oxidation sites excluding steroid dienone is 1. The largest absolute Gasteiger partial charge is 0.493 e. The van der Waals surface area contributed by atoms with Crippen molar-refractivity contribution in [3.8, 4) is 17.6 Å². The minimum atomic E-state index is 0.453. The van der Waals surface area contributed by atoms with E-state index in [2.05, 4.69) is 38.6 Å². The number of fused-ring (bicyclic) bond motifs is 1. The van der Waals surface area contributed by atoms with Gasteiger partial charge in [-0.05, 0) is 58.5 Å². The number of hydrogen-bond donors (Lipinski definition) is 1. The van der Waals surface area contributed by atoms with Crippen molar-refractivity contribution in [2.45, 2.75) is 0 Å². The molecule has 0 aliphatic rings. The highest BCUT2D eigenvalue weighted by Crippen LogP contribution is 2.34. The summed E-state index contributed by atoms with van der Waals surface area (Å²) in [6, 6.07) is 13.7. The average Bonchev–Trinajstić information content (AvgIpc) is 3.02. The second-order valence-electron chi connectivity index (χ2n) is 5.01. The summed E-state index contributed by atoms with van der Waals surface area (Å²) in [7, 11) is 3.19. The number of benzene rings is 2. The van der Waals surface area contributed by atoms with Crippen molar-refractivity contribution in [3.63, 3.8) is 0 Å². The molecule has 1 heterocycles. The Bertz CT molecular complexity index is 937. The first kappa shape index (κ1) is 16.3. The first-order valence-corrected chi connectivity index (χ1v) is 8.22. The van der Waals surface area contributed by atoms with Crippen LogP contribution < -0.4 is 9.47 Å². The highest BCUT2D eigenvalue weighted by molar-refractivity contribution is 14.1. The van der Waals surface area contributed by atoms with Gasteiger partial charge in [-0.3, -0.25) is 0 Å². The van der Waals surface area contributed by atoms with Gasteiger partial charge in [-0.1, -0.05) is 12.1 Å². The third-order valence-electron chi connectivity index (χ3n) is 3.53. The zero-order valence-corrected chi connectivity index (χ0v) is 15.3. The first-order valence-electron chi connectivity index (χ1n) is 7.14. The van der Waals surface area contributed by atoms with Crippen LogP contribution in [0.5, 0.6) is 11.5 Å². The SMILES string of the molecule is COc1cc(C=C(C#N)c2nc3ccccc3[nH]2)cc(I)c1OC. The van der Waals surface area contributed by atoms with Gasteiger partial charge < -0.3 is 14.5 Å².